The van der Waals surface area contributed by atoms with E-state index in [1.54, 1.807) is 6.33 Å². The lowest BCUT2D eigenvalue weighted by Gasteiger charge is -2.27. The predicted molar refractivity (Wildman–Crippen MR) is 75.6 cm³/mol. The van der Waals surface area contributed by atoms with Crippen molar-refractivity contribution in [1.29, 1.82) is 0 Å². The highest BCUT2D eigenvalue weighted by Crippen LogP contribution is 2.34. The zero-order chi connectivity index (χ0) is 13.1. The van der Waals surface area contributed by atoms with Crippen molar-refractivity contribution >= 4 is 11.6 Å². The van der Waals surface area contributed by atoms with Gasteiger partial charge in [-0.05, 0) is 25.2 Å². The number of anilines is 2. The molecule has 0 radical (unpaired) electrons. The molecule has 1 aromatic rings. The molecule has 0 spiro atoms. The summed E-state index contributed by atoms with van der Waals surface area (Å²) in [6, 6.07) is 0.664. The van der Waals surface area contributed by atoms with E-state index in [0.29, 0.717) is 17.8 Å². The van der Waals surface area contributed by atoms with Crippen molar-refractivity contribution in [2.75, 3.05) is 17.2 Å². The molecule has 0 saturated heterocycles. The molecule has 1 aromatic heterocycles. The SMILES string of the molecule is CCCc1c(N)ncnc1N(CC(C)C)C1CC1. The summed E-state index contributed by atoms with van der Waals surface area (Å²) in [6.45, 7) is 7.72. The van der Waals surface area contributed by atoms with E-state index < -0.39 is 0 Å². The van der Waals surface area contributed by atoms with Crippen LogP contribution >= 0.6 is 0 Å². The van der Waals surface area contributed by atoms with E-state index in [1.165, 1.54) is 12.8 Å². The van der Waals surface area contributed by atoms with Gasteiger partial charge in [-0.3, -0.25) is 0 Å². The van der Waals surface area contributed by atoms with Crippen LogP contribution in [0.15, 0.2) is 6.33 Å². The van der Waals surface area contributed by atoms with E-state index >= 15 is 0 Å². The van der Waals surface area contributed by atoms with Crippen LogP contribution in [0.5, 0.6) is 0 Å². The zero-order valence-corrected chi connectivity index (χ0v) is 11.7. The summed E-state index contributed by atoms with van der Waals surface area (Å²) in [6.07, 6.45) is 6.19. The molecule has 0 bridgehead atoms. The number of nitrogen functional groups attached to an aromatic ring is 1. The van der Waals surface area contributed by atoms with Crippen molar-refractivity contribution < 1.29 is 0 Å². The number of nitrogens with two attached hydrogens (primary N) is 1. The Morgan fingerprint density at radius 3 is 2.67 bits per heavy atom. The maximum Gasteiger partial charge on any atom is 0.137 e. The first-order valence-corrected chi connectivity index (χ1v) is 6.99. The number of rotatable bonds is 6. The lowest BCUT2D eigenvalue weighted by molar-refractivity contribution is 0.600. The molecule has 100 valence electrons. The average Bonchev–Trinajstić information content (AvgIpc) is 3.13. The third kappa shape index (κ3) is 2.92. The molecule has 1 aliphatic carbocycles. The molecule has 2 N–H and O–H groups in total. The van der Waals surface area contributed by atoms with Gasteiger partial charge in [0, 0.05) is 18.2 Å². The fourth-order valence-corrected chi connectivity index (χ4v) is 2.34. The van der Waals surface area contributed by atoms with E-state index in [1.807, 2.05) is 0 Å². The Morgan fingerprint density at radius 1 is 1.39 bits per heavy atom. The van der Waals surface area contributed by atoms with Crippen molar-refractivity contribution in [2.45, 2.75) is 52.5 Å². The van der Waals surface area contributed by atoms with Crippen LogP contribution in [0.3, 0.4) is 0 Å². The number of nitrogens with zero attached hydrogens (tertiary/aromatic N) is 3. The molecule has 1 heterocycles. The Balaban J connectivity index is 2.30. The Bertz CT molecular complexity index is 399. The van der Waals surface area contributed by atoms with Crippen LogP contribution in [-0.2, 0) is 6.42 Å². The third-order valence-corrected chi connectivity index (χ3v) is 3.28. The van der Waals surface area contributed by atoms with Gasteiger partial charge in [-0.2, -0.15) is 0 Å². The summed E-state index contributed by atoms with van der Waals surface area (Å²) in [4.78, 5) is 11.1. The summed E-state index contributed by atoms with van der Waals surface area (Å²) in [5.74, 6) is 2.35. The van der Waals surface area contributed by atoms with Gasteiger partial charge in [0.2, 0.25) is 0 Å². The molecule has 0 atom stereocenters. The molecule has 0 aliphatic heterocycles. The van der Waals surface area contributed by atoms with E-state index in [4.69, 9.17) is 5.73 Å². The molecule has 0 aromatic carbocycles. The first-order chi connectivity index (χ1) is 8.63. The van der Waals surface area contributed by atoms with Gasteiger partial charge in [0.05, 0.1) is 0 Å². The summed E-state index contributed by atoms with van der Waals surface area (Å²) in [5.41, 5.74) is 7.15. The molecule has 0 amide bonds. The second-order valence-corrected chi connectivity index (χ2v) is 5.59. The lowest BCUT2D eigenvalue weighted by Crippen LogP contribution is -2.32. The topological polar surface area (TPSA) is 55.0 Å². The normalized spacial score (nSPS) is 15.1. The first-order valence-electron chi connectivity index (χ1n) is 6.99. The fraction of sp³-hybridized carbons (Fsp3) is 0.714. The van der Waals surface area contributed by atoms with Crippen LogP contribution in [0.2, 0.25) is 0 Å². The van der Waals surface area contributed by atoms with Crippen LogP contribution < -0.4 is 10.6 Å². The maximum atomic E-state index is 6.02. The molecule has 4 heteroatoms. The minimum absolute atomic E-state index is 0.635. The molecule has 1 aliphatic rings. The maximum absolute atomic E-state index is 6.02. The standard InChI is InChI=1S/C14H24N4/c1-4-5-12-13(15)16-9-17-14(12)18(8-10(2)3)11-6-7-11/h9-11H,4-8H2,1-3H3,(H2,15,16,17). The van der Waals surface area contributed by atoms with Crippen LogP contribution in [-0.4, -0.2) is 22.6 Å². The van der Waals surface area contributed by atoms with Crippen molar-refractivity contribution in [2.24, 2.45) is 5.92 Å². The van der Waals surface area contributed by atoms with Gasteiger partial charge < -0.3 is 10.6 Å². The number of hydrogen-bond acceptors (Lipinski definition) is 4. The molecule has 1 saturated carbocycles. The summed E-state index contributed by atoms with van der Waals surface area (Å²) >= 11 is 0. The van der Waals surface area contributed by atoms with Gasteiger partial charge in [-0.25, -0.2) is 9.97 Å². The van der Waals surface area contributed by atoms with Gasteiger partial charge in [0.15, 0.2) is 0 Å². The van der Waals surface area contributed by atoms with Crippen molar-refractivity contribution in [3.8, 4) is 0 Å². The Labute approximate surface area is 110 Å². The lowest BCUT2D eigenvalue weighted by atomic mass is 10.1. The monoisotopic (exact) mass is 248 g/mol. The number of aromatic nitrogens is 2. The molecule has 18 heavy (non-hydrogen) atoms. The zero-order valence-electron chi connectivity index (χ0n) is 11.7. The van der Waals surface area contributed by atoms with Crippen molar-refractivity contribution in [3.63, 3.8) is 0 Å². The van der Waals surface area contributed by atoms with Crippen LogP contribution in [0.1, 0.15) is 45.6 Å². The van der Waals surface area contributed by atoms with E-state index in [9.17, 15) is 0 Å². The molecule has 0 unspecified atom stereocenters. The molecule has 2 rings (SSSR count). The third-order valence-electron chi connectivity index (χ3n) is 3.28. The Morgan fingerprint density at radius 2 is 2.11 bits per heavy atom. The van der Waals surface area contributed by atoms with Crippen LogP contribution in [0.25, 0.3) is 0 Å². The fourth-order valence-electron chi connectivity index (χ4n) is 2.34. The minimum atomic E-state index is 0.635. The second kappa shape index (κ2) is 5.55. The first kappa shape index (κ1) is 13.1. The van der Waals surface area contributed by atoms with E-state index in [-0.39, 0.29) is 0 Å². The predicted octanol–water partition coefficient (Wildman–Crippen LogP) is 2.64. The van der Waals surface area contributed by atoms with Crippen molar-refractivity contribution in [1.82, 2.24) is 9.97 Å². The quantitative estimate of drug-likeness (QED) is 0.841. The van der Waals surface area contributed by atoms with Gasteiger partial charge in [0.25, 0.3) is 0 Å². The second-order valence-electron chi connectivity index (χ2n) is 5.59. The van der Waals surface area contributed by atoms with E-state index in [2.05, 4.69) is 35.6 Å². The minimum Gasteiger partial charge on any atom is -0.383 e. The van der Waals surface area contributed by atoms with Gasteiger partial charge in [0.1, 0.15) is 18.0 Å². The Kier molecular flexibility index (Phi) is 4.04. The van der Waals surface area contributed by atoms with Gasteiger partial charge in [-0.15, -0.1) is 0 Å². The summed E-state index contributed by atoms with van der Waals surface area (Å²) in [5, 5.41) is 0. The largest absolute Gasteiger partial charge is 0.383 e. The van der Waals surface area contributed by atoms with Crippen LogP contribution in [0.4, 0.5) is 11.6 Å². The molecule has 1 fully saturated rings. The highest BCUT2D eigenvalue weighted by molar-refractivity contribution is 5.57. The van der Waals surface area contributed by atoms with E-state index in [0.717, 1.165) is 30.8 Å². The average molecular weight is 248 g/mol. The van der Waals surface area contributed by atoms with Gasteiger partial charge in [-0.1, -0.05) is 27.2 Å². The smallest absolute Gasteiger partial charge is 0.137 e. The van der Waals surface area contributed by atoms with Crippen LogP contribution in [0, 0.1) is 5.92 Å². The molecular weight excluding hydrogens is 224 g/mol. The Hall–Kier alpha value is -1.32. The highest BCUT2D eigenvalue weighted by atomic mass is 15.2. The van der Waals surface area contributed by atoms with Gasteiger partial charge >= 0.3 is 0 Å². The summed E-state index contributed by atoms with van der Waals surface area (Å²) in [7, 11) is 0. The highest BCUT2D eigenvalue weighted by Gasteiger charge is 2.32. The molecule has 4 nitrogen and oxygen atoms in total. The van der Waals surface area contributed by atoms with Crippen molar-refractivity contribution in [3.05, 3.63) is 11.9 Å². The summed E-state index contributed by atoms with van der Waals surface area (Å²) < 4.78 is 0. The number of hydrogen-bond donors (Lipinski definition) is 1. The molecular formula is C14H24N4.